The van der Waals surface area contributed by atoms with E-state index in [4.69, 9.17) is 0 Å². The van der Waals surface area contributed by atoms with Gasteiger partial charge < -0.3 is 5.32 Å². The minimum Gasteiger partial charge on any atom is -0.325 e. The summed E-state index contributed by atoms with van der Waals surface area (Å²) < 4.78 is 0. The van der Waals surface area contributed by atoms with Gasteiger partial charge in [0.15, 0.2) is 5.78 Å². The molecule has 0 saturated carbocycles. The van der Waals surface area contributed by atoms with Gasteiger partial charge in [-0.3, -0.25) is 14.6 Å². The maximum Gasteiger partial charge on any atom is 0.235 e. The predicted molar refractivity (Wildman–Crippen MR) is 75.5 cm³/mol. The monoisotopic (exact) mass is 266 g/mol. The summed E-state index contributed by atoms with van der Waals surface area (Å²) in [5.74, 6) is -1.07. The number of Topliss-reactive ketones (excluding diaryl/α,β-unsaturated/α-hetero) is 1. The normalized spacial score (nSPS) is 17.4. The third-order valence-electron chi connectivity index (χ3n) is 3.50. The van der Waals surface area contributed by atoms with E-state index in [9.17, 15) is 9.59 Å². The van der Waals surface area contributed by atoms with Crippen LogP contribution < -0.4 is 5.32 Å². The first kappa shape index (κ1) is 12.5. The number of carbonyl (C=O) groups excluding carboxylic acids is 2. The number of carbonyl (C=O) groups is 2. The molecule has 0 fully saturated rings. The van der Waals surface area contributed by atoms with Crippen LogP contribution in [0.3, 0.4) is 0 Å². The highest BCUT2D eigenvalue weighted by Crippen LogP contribution is 2.25. The predicted octanol–water partition coefficient (Wildman–Crippen LogP) is 2.47. The molecule has 2 aromatic rings. The summed E-state index contributed by atoms with van der Waals surface area (Å²) in [6, 6.07) is 12.9. The maximum absolute atomic E-state index is 12.3. The van der Waals surface area contributed by atoms with Crippen LogP contribution >= 0.6 is 0 Å². The number of fused-ring (bicyclic) bond motifs is 1. The van der Waals surface area contributed by atoms with Crippen molar-refractivity contribution < 1.29 is 9.59 Å². The summed E-state index contributed by atoms with van der Waals surface area (Å²) in [5.41, 5.74) is 2.07. The third kappa shape index (κ3) is 2.32. The first-order valence-corrected chi connectivity index (χ1v) is 6.60. The Kier molecular flexibility index (Phi) is 3.29. The van der Waals surface area contributed by atoms with Crippen molar-refractivity contribution in [1.29, 1.82) is 0 Å². The van der Waals surface area contributed by atoms with Crippen LogP contribution in [-0.2, 0) is 11.2 Å². The van der Waals surface area contributed by atoms with E-state index in [-0.39, 0.29) is 11.7 Å². The first-order chi connectivity index (χ1) is 9.75. The molecular formula is C16H14N2O2. The van der Waals surface area contributed by atoms with Gasteiger partial charge in [0.2, 0.25) is 5.91 Å². The lowest BCUT2D eigenvalue weighted by atomic mass is 9.85. The molecule has 20 heavy (non-hydrogen) atoms. The fourth-order valence-electron chi connectivity index (χ4n) is 2.46. The Morgan fingerprint density at radius 3 is 2.75 bits per heavy atom. The van der Waals surface area contributed by atoms with Gasteiger partial charge in [-0.15, -0.1) is 0 Å². The molecule has 0 saturated heterocycles. The van der Waals surface area contributed by atoms with Gasteiger partial charge in [-0.2, -0.15) is 0 Å². The molecule has 0 radical (unpaired) electrons. The van der Waals surface area contributed by atoms with Gasteiger partial charge in [-0.05, 0) is 36.6 Å². The Bertz CT molecular complexity index is 653. The summed E-state index contributed by atoms with van der Waals surface area (Å²) in [6.45, 7) is 0. The fraction of sp³-hybridized carbons (Fsp3) is 0.188. The van der Waals surface area contributed by atoms with Crippen LogP contribution in [0.25, 0.3) is 0 Å². The molecule has 1 N–H and O–H groups in total. The average molecular weight is 266 g/mol. The van der Waals surface area contributed by atoms with E-state index in [2.05, 4.69) is 10.3 Å². The molecule has 1 amide bonds. The van der Waals surface area contributed by atoms with E-state index in [0.717, 1.165) is 5.56 Å². The van der Waals surface area contributed by atoms with Crippen LogP contribution in [0.4, 0.5) is 5.69 Å². The fourth-order valence-corrected chi connectivity index (χ4v) is 2.46. The number of hydrogen-bond donors (Lipinski definition) is 1. The lowest BCUT2D eigenvalue weighted by Crippen LogP contribution is -2.34. The number of rotatable bonds is 2. The van der Waals surface area contributed by atoms with Crippen LogP contribution in [0, 0.1) is 5.92 Å². The minimum absolute atomic E-state index is 0.180. The van der Waals surface area contributed by atoms with Crippen molar-refractivity contribution in [2.24, 2.45) is 5.92 Å². The highest BCUT2D eigenvalue weighted by molar-refractivity contribution is 6.14. The molecule has 1 aromatic carbocycles. The van der Waals surface area contributed by atoms with Crippen molar-refractivity contribution in [3.8, 4) is 0 Å². The number of aryl methyl sites for hydroxylation is 1. The van der Waals surface area contributed by atoms with Gasteiger partial charge >= 0.3 is 0 Å². The molecule has 1 heterocycles. The largest absolute Gasteiger partial charge is 0.325 e. The maximum atomic E-state index is 12.3. The number of benzene rings is 1. The van der Waals surface area contributed by atoms with Gasteiger partial charge in [0.25, 0.3) is 0 Å². The Morgan fingerprint density at radius 2 is 1.95 bits per heavy atom. The van der Waals surface area contributed by atoms with Crippen LogP contribution in [0.2, 0.25) is 0 Å². The van der Waals surface area contributed by atoms with Crippen molar-refractivity contribution >= 4 is 17.4 Å². The summed E-state index contributed by atoms with van der Waals surface area (Å²) in [5, 5.41) is 2.79. The molecule has 1 unspecified atom stereocenters. The number of para-hydroxylation sites is 1. The number of amides is 1. The molecule has 0 spiro atoms. The molecule has 100 valence electrons. The minimum atomic E-state index is -0.641. The number of aromatic nitrogens is 1. The number of nitrogens with one attached hydrogen (secondary N) is 1. The van der Waals surface area contributed by atoms with Crippen LogP contribution in [-0.4, -0.2) is 16.7 Å². The van der Waals surface area contributed by atoms with E-state index >= 15 is 0 Å². The zero-order valence-electron chi connectivity index (χ0n) is 10.9. The van der Waals surface area contributed by atoms with Crippen molar-refractivity contribution in [2.45, 2.75) is 12.8 Å². The van der Waals surface area contributed by atoms with Crippen molar-refractivity contribution in [3.05, 3.63) is 59.9 Å². The number of pyridine rings is 1. The lowest BCUT2D eigenvalue weighted by Gasteiger charge is -2.21. The van der Waals surface area contributed by atoms with Crippen LogP contribution in [0.1, 0.15) is 22.5 Å². The Labute approximate surface area is 116 Å². The zero-order chi connectivity index (χ0) is 13.9. The average Bonchev–Trinajstić information content (AvgIpc) is 2.49. The Morgan fingerprint density at radius 1 is 1.15 bits per heavy atom. The molecule has 0 bridgehead atoms. The molecule has 1 aliphatic carbocycles. The van der Waals surface area contributed by atoms with Crippen molar-refractivity contribution in [3.63, 3.8) is 0 Å². The molecule has 4 heteroatoms. The molecule has 0 aliphatic heterocycles. The highest BCUT2D eigenvalue weighted by Gasteiger charge is 2.33. The lowest BCUT2D eigenvalue weighted by molar-refractivity contribution is -0.118. The van der Waals surface area contributed by atoms with Crippen molar-refractivity contribution in [2.75, 3.05) is 5.32 Å². The second kappa shape index (κ2) is 5.25. The second-order valence-electron chi connectivity index (χ2n) is 4.82. The summed E-state index contributed by atoms with van der Waals surface area (Å²) >= 11 is 0. The number of hydrogen-bond acceptors (Lipinski definition) is 3. The molecule has 1 aliphatic rings. The standard InChI is InChI=1S/C16H14N2O2/c19-15-13(9-8-11-5-4-10-17-14(11)15)16(20)18-12-6-2-1-3-7-12/h1-7,10,13H,8-9H2,(H,18,20). The highest BCUT2D eigenvalue weighted by atomic mass is 16.2. The molecule has 1 atom stereocenters. The number of nitrogens with zero attached hydrogens (tertiary/aromatic N) is 1. The second-order valence-corrected chi connectivity index (χ2v) is 4.82. The topological polar surface area (TPSA) is 59.1 Å². The van der Waals surface area contributed by atoms with Crippen LogP contribution in [0.5, 0.6) is 0 Å². The van der Waals surface area contributed by atoms with Crippen LogP contribution in [0.15, 0.2) is 48.7 Å². The van der Waals surface area contributed by atoms with Gasteiger partial charge in [-0.1, -0.05) is 24.3 Å². The molecule has 4 nitrogen and oxygen atoms in total. The quantitative estimate of drug-likeness (QED) is 0.849. The zero-order valence-corrected chi connectivity index (χ0v) is 10.9. The van der Waals surface area contributed by atoms with Gasteiger partial charge in [0.05, 0.1) is 0 Å². The van der Waals surface area contributed by atoms with E-state index in [1.54, 1.807) is 18.3 Å². The summed E-state index contributed by atoms with van der Waals surface area (Å²) in [6.07, 6.45) is 2.84. The van der Waals surface area contributed by atoms with Crippen molar-refractivity contribution in [1.82, 2.24) is 4.98 Å². The molecule has 1 aromatic heterocycles. The van der Waals surface area contributed by atoms with E-state index in [1.165, 1.54) is 0 Å². The summed E-state index contributed by atoms with van der Waals surface area (Å²) in [7, 11) is 0. The number of ketones is 1. The molecular weight excluding hydrogens is 252 g/mol. The Balaban J connectivity index is 1.79. The van der Waals surface area contributed by atoms with E-state index < -0.39 is 5.92 Å². The summed E-state index contributed by atoms with van der Waals surface area (Å²) in [4.78, 5) is 28.7. The first-order valence-electron chi connectivity index (χ1n) is 6.60. The molecule has 3 rings (SSSR count). The van der Waals surface area contributed by atoms with Gasteiger partial charge in [0, 0.05) is 11.9 Å². The SMILES string of the molecule is O=C(Nc1ccccc1)C1CCc2cccnc2C1=O. The van der Waals surface area contributed by atoms with Gasteiger partial charge in [0.1, 0.15) is 11.6 Å². The van der Waals surface area contributed by atoms with Gasteiger partial charge in [-0.25, -0.2) is 0 Å². The van der Waals surface area contributed by atoms with E-state index in [0.29, 0.717) is 24.2 Å². The Hall–Kier alpha value is -2.49. The smallest absolute Gasteiger partial charge is 0.235 e. The third-order valence-corrected chi connectivity index (χ3v) is 3.50. The number of anilines is 1. The van der Waals surface area contributed by atoms with E-state index in [1.807, 2.05) is 30.3 Å².